The Bertz CT molecular complexity index is 212. The third-order valence-electron chi connectivity index (χ3n) is 2.15. The summed E-state index contributed by atoms with van der Waals surface area (Å²) in [6, 6.07) is -1.94. The van der Waals surface area contributed by atoms with Crippen molar-refractivity contribution >= 4 is 0 Å². The maximum absolute atomic E-state index is 12.4. The summed E-state index contributed by atoms with van der Waals surface area (Å²) in [7, 11) is 0. The highest BCUT2D eigenvalue weighted by Crippen LogP contribution is 2.45. The van der Waals surface area contributed by atoms with Crippen molar-refractivity contribution in [1.82, 2.24) is 5.43 Å². The van der Waals surface area contributed by atoms with Gasteiger partial charge < -0.3 is 0 Å². The Morgan fingerprint density at radius 1 is 0.875 bits per heavy atom. The van der Waals surface area contributed by atoms with Gasteiger partial charge in [0, 0.05) is 6.04 Å². The lowest BCUT2D eigenvalue weighted by Gasteiger charge is -2.38. The van der Waals surface area contributed by atoms with Crippen LogP contribution in [0.5, 0.6) is 0 Å². The van der Waals surface area contributed by atoms with Crippen molar-refractivity contribution in [3.8, 4) is 0 Å². The van der Waals surface area contributed by atoms with E-state index in [0.29, 0.717) is 0 Å². The molecule has 0 aromatic rings. The summed E-state index contributed by atoms with van der Waals surface area (Å²) in [5, 5.41) is 0. The Morgan fingerprint density at radius 2 is 1.19 bits per heavy atom. The van der Waals surface area contributed by atoms with Gasteiger partial charge in [-0.05, 0) is 5.41 Å². The normalized spacial score (nSPS) is 16.7. The fraction of sp³-hybridized carbons (Fsp3) is 1.00. The molecule has 0 amide bonds. The van der Waals surface area contributed by atoms with Crippen molar-refractivity contribution in [2.45, 2.75) is 39.2 Å². The summed E-state index contributed by atoms with van der Waals surface area (Å²) < 4.78 is 74.2. The number of halogens is 6. The van der Waals surface area contributed by atoms with Gasteiger partial charge in [-0.3, -0.25) is 11.3 Å². The average molecular weight is 252 g/mol. The molecule has 0 saturated heterocycles. The predicted molar refractivity (Wildman–Crippen MR) is 46.2 cm³/mol. The van der Waals surface area contributed by atoms with E-state index in [9.17, 15) is 26.3 Å². The third-order valence-corrected chi connectivity index (χ3v) is 2.15. The molecule has 0 spiro atoms. The molecule has 1 unspecified atom stereocenters. The number of nitrogens with one attached hydrogen (secondary N) is 1. The highest BCUT2D eigenvalue weighted by Gasteiger charge is 2.62. The predicted octanol–water partition coefficient (Wildman–Crippen LogP) is 2.61. The summed E-state index contributed by atoms with van der Waals surface area (Å²) in [5.41, 5.74) is 0.342. The van der Waals surface area contributed by atoms with Crippen molar-refractivity contribution in [1.29, 1.82) is 0 Å². The summed E-state index contributed by atoms with van der Waals surface area (Å²) in [5.74, 6) is 1.32. The lowest BCUT2D eigenvalue weighted by Crippen LogP contribution is -2.58. The molecule has 0 saturated carbocycles. The van der Waals surface area contributed by atoms with Crippen LogP contribution >= 0.6 is 0 Å². The van der Waals surface area contributed by atoms with Gasteiger partial charge in [-0.2, -0.15) is 26.3 Å². The van der Waals surface area contributed by atoms with Crippen LogP contribution in [0.1, 0.15) is 20.8 Å². The van der Waals surface area contributed by atoms with Crippen LogP contribution in [0.15, 0.2) is 0 Å². The van der Waals surface area contributed by atoms with Gasteiger partial charge in [-0.25, -0.2) is 0 Å². The van der Waals surface area contributed by atoms with Gasteiger partial charge in [0.05, 0.1) is 0 Å². The standard InChI is InChI=1S/C8H14F6N2/c1-6(2,3)5(16-15)4(7(9,10)11)8(12,13)14/h4-5,16H,15H2,1-3H3. The molecule has 0 bridgehead atoms. The number of alkyl halides is 6. The van der Waals surface area contributed by atoms with Crippen molar-refractivity contribution in [2.75, 3.05) is 0 Å². The zero-order valence-electron chi connectivity index (χ0n) is 9.00. The molecular formula is C8H14F6N2. The summed E-state index contributed by atoms with van der Waals surface area (Å²) >= 11 is 0. The van der Waals surface area contributed by atoms with Gasteiger partial charge in [0.25, 0.3) is 0 Å². The van der Waals surface area contributed by atoms with Gasteiger partial charge in [0.2, 0.25) is 0 Å². The summed E-state index contributed by atoms with van der Waals surface area (Å²) in [6.45, 7) is 3.76. The Hall–Kier alpha value is -0.500. The minimum atomic E-state index is -5.39. The van der Waals surface area contributed by atoms with Crippen LogP contribution in [0.25, 0.3) is 0 Å². The summed E-state index contributed by atoms with van der Waals surface area (Å²) in [6.07, 6.45) is -10.8. The second kappa shape index (κ2) is 4.40. The lowest BCUT2D eigenvalue weighted by molar-refractivity contribution is -0.298. The number of hydrogen-bond acceptors (Lipinski definition) is 2. The topological polar surface area (TPSA) is 38.0 Å². The van der Waals surface area contributed by atoms with Crippen LogP contribution in [0.4, 0.5) is 26.3 Å². The van der Waals surface area contributed by atoms with Gasteiger partial charge in [-0.1, -0.05) is 20.8 Å². The van der Waals surface area contributed by atoms with Crippen LogP contribution in [-0.4, -0.2) is 18.4 Å². The number of hydrazine groups is 1. The third kappa shape index (κ3) is 3.82. The van der Waals surface area contributed by atoms with Crippen molar-refractivity contribution in [3.63, 3.8) is 0 Å². The number of rotatable bonds is 2. The van der Waals surface area contributed by atoms with E-state index < -0.39 is 29.7 Å². The first-order valence-corrected chi connectivity index (χ1v) is 4.41. The molecule has 0 aliphatic carbocycles. The number of hydrogen-bond donors (Lipinski definition) is 2. The van der Waals surface area contributed by atoms with E-state index in [2.05, 4.69) is 0 Å². The van der Waals surface area contributed by atoms with Crippen LogP contribution in [-0.2, 0) is 0 Å². The van der Waals surface area contributed by atoms with Crippen LogP contribution in [0.2, 0.25) is 0 Å². The molecule has 0 fully saturated rings. The maximum Gasteiger partial charge on any atom is 0.402 e. The minimum Gasteiger partial charge on any atom is -0.271 e. The van der Waals surface area contributed by atoms with Gasteiger partial charge in [-0.15, -0.1) is 0 Å². The Balaban J connectivity index is 5.35. The first kappa shape index (κ1) is 15.5. The van der Waals surface area contributed by atoms with Gasteiger partial charge in [0.15, 0.2) is 5.92 Å². The second-order valence-corrected chi connectivity index (χ2v) is 4.57. The SMILES string of the molecule is CC(C)(C)C(NN)C(C(F)(F)F)C(F)(F)F. The molecule has 0 radical (unpaired) electrons. The first-order chi connectivity index (χ1) is 6.81. The minimum absolute atomic E-state index is 1.25. The quantitative estimate of drug-likeness (QED) is 0.450. The van der Waals surface area contributed by atoms with Crippen molar-refractivity contribution in [2.24, 2.45) is 17.2 Å². The lowest BCUT2D eigenvalue weighted by atomic mass is 9.78. The van der Waals surface area contributed by atoms with Crippen LogP contribution in [0.3, 0.4) is 0 Å². The number of nitrogens with two attached hydrogens (primary N) is 1. The monoisotopic (exact) mass is 252 g/mol. The largest absolute Gasteiger partial charge is 0.402 e. The van der Waals surface area contributed by atoms with E-state index in [1.165, 1.54) is 20.8 Å². The molecular weight excluding hydrogens is 238 g/mol. The zero-order chi connectivity index (χ0) is 13.4. The zero-order valence-corrected chi connectivity index (χ0v) is 9.00. The van der Waals surface area contributed by atoms with E-state index in [1.54, 1.807) is 5.43 Å². The van der Waals surface area contributed by atoms with E-state index >= 15 is 0 Å². The van der Waals surface area contributed by atoms with Crippen molar-refractivity contribution < 1.29 is 26.3 Å². The average Bonchev–Trinajstić information content (AvgIpc) is 1.91. The highest BCUT2D eigenvalue weighted by molar-refractivity contribution is 4.92. The van der Waals surface area contributed by atoms with Crippen LogP contribution < -0.4 is 11.3 Å². The Kier molecular flexibility index (Phi) is 4.26. The first-order valence-electron chi connectivity index (χ1n) is 4.41. The molecule has 0 aliphatic heterocycles. The van der Waals surface area contributed by atoms with E-state index in [4.69, 9.17) is 5.84 Å². The molecule has 0 rings (SSSR count). The van der Waals surface area contributed by atoms with E-state index in [1.807, 2.05) is 0 Å². The Labute approximate surface area is 89.1 Å². The molecule has 98 valence electrons. The molecule has 0 aliphatic rings. The summed E-state index contributed by atoms with van der Waals surface area (Å²) in [4.78, 5) is 0. The fourth-order valence-corrected chi connectivity index (χ4v) is 1.41. The molecule has 16 heavy (non-hydrogen) atoms. The Morgan fingerprint density at radius 3 is 1.25 bits per heavy atom. The maximum atomic E-state index is 12.4. The molecule has 3 N–H and O–H groups in total. The molecule has 1 atom stereocenters. The van der Waals surface area contributed by atoms with Crippen LogP contribution in [0, 0.1) is 11.3 Å². The highest BCUT2D eigenvalue weighted by atomic mass is 19.4. The molecule has 0 heterocycles. The smallest absolute Gasteiger partial charge is 0.271 e. The molecule has 0 aromatic heterocycles. The van der Waals surface area contributed by atoms with E-state index in [-0.39, 0.29) is 0 Å². The fourth-order valence-electron chi connectivity index (χ4n) is 1.41. The second-order valence-electron chi connectivity index (χ2n) is 4.57. The molecule has 2 nitrogen and oxygen atoms in total. The van der Waals surface area contributed by atoms with Gasteiger partial charge in [0.1, 0.15) is 0 Å². The molecule has 0 aromatic carbocycles. The van der Waals surface area contributed by atoms with E-state index in [0.717, 1.165) is 0 Å². The van der Waals surface area contributed by atoms with Gasteiger partial charge >= 0.3 is 12.4 Å². The molecule has 8 heteroatoms. The van der Waals surface area contributed by atoms with Crippen molar-refractivity contribution in [3.05, 3.63) is 0 Å².